The molecule has 0 spiro atoms. The van der Waals surface area contributed by atoms with Crippen molar-refractivity contribution < 1.29 is 9.53 Å². The van der Waals surface area contributed by atoms with Crippen LogP contribution in [0.3, 0.4) is 0 Å². The first-order chi connectivity index (χ1) is 9.76. The molecule has 0 aromatic carbocycles. The molecule has 6 nitrogen and oxygen atoms in total. The Kier molecular flexibility index (Phi) is 4.30. The molecule has 2 fully saturated rings. The van der Waals surface area contributed by atoms with Gasteiger partial charge in [-0.1, -0.05) is 0 Å². The van der Waals surface area contributed by atoms with E-state index in [9.17, 15) is 4.79 Å². The van der Waals surface area contributed by atoms with Crippen LogP contribution in [0.1, 0.15) is 5.01 Å². The number of hydrogen-bond donors (Lipinski definition) is 1. The van der Waals surface area contributed by atoms with E-state index in [1.165, 1.54) is 0 Å². The Morgan fingerprint density at radius 2 is 2.50 bits per heavy atom. The zero-order valence-electron chi connectivity index (χ0n) is 11.6. The van der Waals surface area contributed by atoms with Crippen molar-refractivity contribution in [3.63, 3.8) is 0 Å². The average molecular weight is 296 g/mol. The molecule has 0 saturated carbocycles. The van der Waals surface area contributed by atoms with E-state index in [1.807, 2.05) is 11.6 Å². The molecule has 0 aliphatic carbocycles. The minimum Gasteiger partial charge on any atom is -0.374 e. The number of amides is 1. The number of fused-ring (bicyclic) bond motifs is 1. The highest BCUT2D eigenvalue weighted by molar-refractivity contribution is 7.09. The van der Waals surface area contributed by atoms with Gasteiger partial charge in [-0.3, -0.25) is 14.6 Å². The Morgan fingerprint density at radius 3 is 3.25 bits per heavy atom. The van der Waals surface area contributed by atoms with Gasteiger partial charge < -0.3 is 10.1 Å². The maximum absolute atomic E-state index is 11.6. The van der Waals surface area contributed by atoms with E-state index in [4.69, 9.17) is 4.74 Å². The second-order valence-corrected chi connectivity index (χ2v) is 6.22. The Bertz CT molecular complexity index is 453. The van der Waals surface area contributed by atoms with Gasteiger partial charge in [-0.2, -0.15) is 0 Å². The van der Waals surface area contributed by atoms with Gasteiger partial charge in [0, 0.05) is 38.3 Å². The van der Waals surface area contributed by atoms with E-state index in [0.29, 0.717) is 19.2 Å². The molecule has 2 atom stereocenters. The third-order valence-corrected chi connectivity index (χ3v) is 4.72. The highest BCUT2D eigenvalue weighted by atomic mass is 32.1. The minimum absolute atomic E-state index is 0.0732. The highest BCUT2D eigenvalue weighted by Crippen LogP contribution is 2.24. The van der Waals surface area contributed by atoms with Crippen molar-refractivity contribution in [1.82, 2.24) is 20.1 Å². The van der Waals surface area contributed by atoms with Gasteiger partial charge in [0.2, 0.25) is 5.91 Å². The molecule has 1 aromatic rings. The number of morpholine rings is 1. The smallest absolute Gasteiger partial charge is 0.233 e. The molecule has 1 amide bonds. The number of carbonyl (C=O) groups is 1. The average Bonchev–Trinajstić information content (AvgIpc) is 3.08. The van der Waals surface area contributed by atoms with Crippen LogP contribution in [-0.2, 0) is 16.1 Å². The normalized spacial score (nSPS) is 27.4. The van der Waals surface area contributed by atoms with E-state index in [2.05, 4.69) is 20.1 Å². The Hall–Kier alpha value is -1.02. The molecule has 7 heteroatoms. The number of carbonyl (C=O) groups excluding carboxylic acids is 1. The fraction of sp³-hybridized carbons (Fsp3) is 0.692. The first-order valence-corrected chi connectivity index (χ1v) is 7.81. The number of nitrogens with zero attached hydrogens (tertiary/aromatic N) is 3. The maximum Gasteiger partial charge on any atom is 0.233 e. The zero-order chi connectivity index (χ0) is 13.9. The molecule has 1 N–H and O–H groups in total. The summed E-state index contributed by atoms with van der Waals surface area (Å²) in [5.41, 5.74) is 0. The van der Waals surface area contributed by atoms with Crippen LogP contribution in [0.25, 0.3) is 0 Å². The Balaban J connectivity index is 1.61. The van der Waals surface area contributed by atoms with Crippen molar-refractivity contribution in [3.8, 4) is 0 Å². The molecule has 0 radical (unpaired) electrons. The third-order valence-electron chi connectivity index (χ3n) is 3.96. The quantitative estimate of drug-likeness (QED) is 0.832. The Morgan fingerprint density at radius 1 is 1.60 bits per heavy atom. The Labute approximate surface area is 122 Å². The van der Waals surface area contributed by atoms with E-state index >= 15 is 0 Å². The molecule has 2 saturated heterocycles. The van der Waals surface area contributed by atoms with Gasteiger partial charge in [0.05, 0.1) is 31.8 Å². The van der Waals surface area contributed by atoms with Gasteiger partial charge in [-0.15, -0.1) is 11.3 Å². The largest absolute Gasteiger partial charge is 0.374 e. The molecule has 3 heterocycles. The SMILES string of the molecule is CNC(=O)CN1CCO[C@H]2CN(Cc3nccs3)C[C@H]21. The van der Waals surface area contributed by atoms with Crippen molar-refractivity contribution in [3.05, 3.63) is 16.6 Å². The first-order valence-electron chi connectivity index (χ1n) is 6.93. The number of likely N-dealkylation sites (N-methyl/N-ethyl adjacent to an activating group) is 1. The monoisotopic (exact) mass is 296 g/mol. The summed E-state index contributed by atoms with van der Waals surface area (Å²) in [6, 6.07) is 0.320. The van der Waals surface area contributed by atoms with Crippen LogP contribution in [-0.4, -0.2) is 72.7 Å². The van der Waals surface area contributed by atoms with E-state index < -0.39 is 0 Å². The number of nitrogens with one attached hydrogen (secondary N) is 1. The lowest BCUT2D eigenvalue weighted by Gasteiger charge is -2.36. The van der Waals surface area contributed by atoms with Gasteiger partial charge in [0.25, 0.3) is 0 Å². The number of rotatable bonds is 4. The molecule has 2 aliphatic heterocycles. The second-order valence-electron chi connectivity index (χ2n) is 5.24. The summed E-state index contributed by atoms with van der Waals surface area (Å²) in [7, 11) is 1.68. The fourth-order valence-corrected chi connectivity index (χ4v) is 3.60. The van der Waals surface area contributed by atoms with E-state index in [-0.39, 0.29) is 12.0 Å². The highest BCUT2D eigenvalue weighted by Gasteiger charge is 2.40. The summed E-state index contributed by atoms with van der Waals surface area (Å²) in [4.78, 5) is 20.5. The standard InChI is InChI=1S/C13H20N4O2S/c1-14-12(18)8-17-3-4-19-11-7-16(6-10(11)17)9-13-15-2-5-20-13/h2,5,10-11H,3-4,6-9H2,1H3,(H,14,18)/t10-,11+/m1/s1. The van der Waals surface area contributed by atoms with Crippen LogP contribution in [0.15, 0.2) is 11.6 Å². The summed E-state index contributed by atoms with van der Waals surface area (Å²) in [5.74, 6) is 0.0732. The first kappa shape index (κ1) is 13.9. The van der Waals surface area contributed by atoms with Gasteiger partial charge in [0.1, 0.15) is 5.01 Å². The summed E-state index contributed by atoms with van der Waals surface area (Å²) < 4.78 is 5.86. The molecule has 2 aliphatic rings. The van der Waals surface area contributed by atoms with Gasteiger partial charge in [-0.05, 0) is 0 Å². The fourth-order valence-electron chi connectivity index (χ4n) is 2.95. The van der Waals surface area contributed by atoms with Crippen LogP contribution in [0, 0.1) is 0 Å². The number of hydrogen-bond acceptors (Lipinski definition) is 6. The van der Waals surface area contributed by atoms with Crippen LogP contribution in [0.2, 0.25) is 0 Å². The summed E-state index contributed by atoms with van der Waals surface area (Å²) in [6.45, 7) is 4.76. The number of thiazole rings is 1. The molecule has 1 aromatic heterocycles. The summed E-state index contributed by atoms with van der Waals surface area (Å²) in [6.07, 6.45) is 2.06. The van der Waals surface area contributed by atoms with Crippen molar-refractivity contribution in [2.24, 2.45) is 0 Å². The van der Waals surface area contributed by atoms with Crippen LogP contribution in [0.5, 0.6) is 0 Å². The zero-order valence-corrected chi connectivity index (χ0v) is 12.4. The van der Waals surface area contributed by atoms with Crippen molar-refractivity contribution >= 4 is 17.2 Å². The molecule has 0 bridgehead atoms. The second kappa shape index (κ2) is 6.17. The lowest BCUT2D eigenvalue weighted by atomic mass is 10.1. The lowest BCUT2D eigenvalue weighted by molar-refractivity contribution is -0.125. The predicted molar refractivity (Wildman–Crippen MR) is 76.6 cm³/mol. The third kappa shape index (κ3) is 3.01. The van der Waals surface area contributed by atoms with Gasteiger partial charge in [-0.25, -0.2) is 4.98 Å². The molecular weight excluding hydrogens is 276 g/mol. The van der Waals surface area contributed by atoms with Crippen molar-refractivity contribution in [2.45, 2.75) is 18.7 Å². The van der Waals surface area contributed by atoms with Crippen LogP contribution >= 0.6 is 11.3 Å². The maximum atomic E-state index is 11.6. The van der Waals surface area contributed by atoms with E-state index in [1.54, 1.807) is 18.4 Å². The predicted octanol–water partition coefficient (Wildman–Crippen LogP) is -0.226. The van der Waals surface area contributed by atoms with Crippen molar-refractivity contribution in [2.75, 3.05) is 39.8 Å². The molecule has 0 unspecified atom stereocenters. The van der Waals surface area contributed by atoms with Crippen molar-refractivity contribution in [1.29, 1.82) is 0 Å². The van der Waals surface area contributed by atoms with Gasteiger partial charge in [0.15, 0.2) is 0 Å². The summed E-state index contributed by atoms with van der Waals surface area (Å²) >= 11 is 1.69. The number of ether oxygens (including phenoxy) is 1. The van der Waals surface area contributed by atoms with E-state index in [0.717, 1.165) is 31.2 Å². The molecule has 20 heavy (non-hydrogen) atoms. The van der Waals surface area contributed by atoms with Gasteiger partial charge >= 0.3 is 0 Å². The van der Waals surface area contributed by atoms with Crippen LogP contribution in [0.4, 0.5) is 0 Å². The van der Waals surface area contributed by atoms with Crippen LogP contribution < -0.4 is 5.32 Å². The minimum atomic E-state index is 0.0732. The molecule has 110 valence electrons. The topological polar surface area (TPSA) is 57.7 Å². The summed E-state index contributed by atoms with van der Waals surface area (Å²) in [5, 5.41) is 5.84. The molecular formula is C13H20N4O2S. The number of aromatic nitrogens is 1. The number of likely N-dealkylation sites (tertiary alicyclic amines) is 1. The lowest BCUT2D eigenvalue weighted by Crippen LogP contribution is -2.53. The molecule has 3 rings (SSSR count).